The Morgan fingerprint density at radius 1 is 1.43 bits per heavy atom. The fourth-order valence-corrected chi connectivity index (χ4v) is 1.86. The Morgan fingerprint density at radius 2 is 2.21 bits per heavy atom. The summed E-state index contributed by atoms with van der Waals surface area (Å²) in [6.45, 7) is 4.16. The summed E-state index contributed by atoms with van der Waals surface area (Å²) in [6, 6.07) is 6.20. The molecule has 0 atom stereocenters. The Bertz CT molecular complexity index is 289. The molecule has 3 heteroatoms. The van der Waals surface area contributed by atoms with E-state index in [-0.39, 0.29) is 0 Å². The smallest absolute Gasteiger partial charge is 0.133 e. The van der Waals surface area contributed by atoms with E-state index in [4.69, 9.17) is 4.74 Å². The van der Waals surface area contributed by atoms with Crippen LogP contribution in [0.4, 0.5) is 0 Å². The minimum atomic E-state index is 0.886. The number of rotatable bonds is 5. The van der Waals surface area contributed by atoms with Gasteiger partial charge in [0.05, 0.1) is 11.6 Å². The molecule has 1 aromatic rings. The zero-order valence-corrected chi connectivity index (χ0v) is 10.2. The first-order chi connectivity index (χ1) is 6.77. The minimum Gasteiger partial charge on any atom is -0.496 e. The quantitative estimate of drug-likeness (QED) is 0.820. The van der Waals surface area contributed by atoms with Gasteiger partial charge in [-0.3, -0.25) is 0 Å². The topological polar surface area (TPSA) is 21.3 Å². The molecular weight excluding hydrogens is 242 g/mol. The van der Waals surface area contributed by atoms with Gasteiger partial charge in [0.15, 0.2) is 0 Å². The minimum absolute atomic E-state index is 0.886. The number of benzene rings is 1. The van der Waals surface area contributed by atoms with Gasteiger partial charge in [-0.2, -0.15) is 0 Å². The molecule has 78 valence electrons. The Labute approximate surface area is 93.8 Å². The lowest BCUT2D eigenvalue weighted by molar-refractivity contribution is 0.412. The average Bonchev–Trinajstić information content (AvgIpc) is 2.18. The van der Waals surface area contributed by atoms with Gasteiger partial charge in [-0.15, -0.1) is 0 Å². The van der Waals surface area contributed by atoms with E-state index >= 15 is 0 Å². The van der Waals surface area contributed by atoms with Crippen LogP contribution in [0, 0.1) is 0 Å². The molecule has 0 amide bonds. The summed E-state index contributed by atoms with van der Waals surface area (Å²) >= 11 is 3.47. The van der Waals surface area contributed by atoms with Gasteiger partial charge in [0.2, 0.25) is 0 Å². The van der Waals surface area contributed by atoms with Gasteiger partial charge in [-0.25, -0.2) is 0 Å². The third-order valence-corrected chi connectivity index (χ3v) is 2.68. The van der Waals surface area contributed by atoms with E-state index in [2.05, 4.69) is 40.3 Å². The average molecular weight is 258 g/mol. The molecule has 0 aliphatic heterocycles. The van der Waals surface area contributed by atoms with E-state index in [1.807, 2.05) is 6.07 Å². The van der Waals surface area contributed by atoms with Crippen molar-refractivity contribution in [2.75, 3.05) is 20.2 Å². The molecular formula is C11H16BrNO. The van der Waals surface area contributed by atoms with Crippen LogP contribution in [0.2, 0.25) is 0 Å². The predicted molar refractivity (Wildman–Crippen MR) is 62.9 cm³/mol. The Hall–Kier alpha value is -0.540. The van der Waals surface area contributed by atoms with Crippen LogP contribution in [-0.4, -0.2) is 20.2 Å². The Morgan fingerprint density at radius 3 is 2.79 bits per heavy atom. The number of ether oxygens (including phenoxy) is 1. The molecule has 0 aromatic heterocycles. The summed E-state index contributed by atoms with van der Waals surface area (Å²) in [6.07, 6.45) is 1.05. The summed E-state index contributed by atoms with van der Waals surface area (Å²) in [5, 5.41) is 3.30. The van der Waals surface area contributed by atoms with Crippen molar-refractivity contribution >= 4 is 15.9 Å². The molecule has 0 radical (unpaired) electrons. The van der Waals surface area contributed by atoms with Crippen LogP contribution in [0.15, 0.2) is 22.7 Å². The van der Waals surface area contributed by atoms with Gasteiger partial charge in [-0.05, 0) is 53.1 Å². The molecule has 1 rings (SSSR count). The predicted octanol–water partition coefficient (Wildman–Crippen LogP) is 2.61. The highest BCUT2D eigenvalue weighted by Gasteiger charge is 2.00. The van der Waals surface area contributed by atoms with E-state index in [1.165, 1.54) is 5.56 Å². The summed E-state index contributed by atoms with van der Waals surface area (Å²) in [4.78, 5) is 0. The van der Waals surface area contributed by atoms with E-state index < -0.39 is 0 Å². The highest BCUT2D eigenvalue weighted by Crippen LogP contribution is 2.25. The van der Waals surface area contributed by atoms with Crippen molar-refractivity contribution in [3.63, 3.8) is 0 Å². The van der Waals surface area contributed by atoms with Crippen LogP contribution < -0.4 is 10.1 Å². The molecule has 0 fully saturated rings. The maximum absolute atomic E-state index is 5.16. The van der Waals surface area contributed by atoms with Gasteiger partial charge in [-0.1, -0.05) is 13.0 Å². The molecule has 0 spiro atoms. The first-order valence-corrected chi connectivity index (χ1v) is 5.60. The normalized spacial score (nSPS) is 10.2. The van der Waals surface area contributed by atoms with Crippen LogP contribution in [0.25, 0.3) is 0 Å². The molecule has 1 aromatic carbocycles. The largest absolute Gasteiger partial charge is 0.496 e. The van der Waals surface area contributed by atoms with Crippen LogP contribution >= 0.6 is 15.9 Å². The molecule has 0 saturated heterocycles. The lowest BCUT2D eigenvalue weighted by atomic mass is 10.1. The maximum atomic E-state index is 5.16. The fraction of sp³-hybridized carbons (Fsp3) is 0.455. The third-order valence-electron chi connectivity index (χ3n) is 2.06. The number of hydrogen-bond donors (Lipinski definition) is 1. The van der Waals surface area contributed by atoms with Crippen LogP contribution in [-0.2, 0) is 6.42 Å². The van der Waals surface area contributed by atoms with Crippen molar-refractivity contribution in [2.24, 2.45) is 0 Å². The molecule has 0 unspecified atom stereocenters. The SMILES string of the molecule is CCNCCc1ccc(OC)c(Br)c1. The van der Waals surface area contributed by atoms with E-state index in [1.54, 1.807) is 7.11 Å². The highest BCUT2D eigenvalue weighted by atomic mass is 79.9. The first-order valence-electron chi connectivity index (χ1n) is 4.81. The molecule has 0 bridgehead atoms. The lowest BCUT2D eigenvalue weighted by Crippen LogP contribution is -2.15. The summed E-state index contributed by atoms with van der Waals surface area (Å²) in [5.41, 5.74) is 1.32. The van der Waals surface area contributed by atoms with Crippen molar-refractivity contribution in [3.8, 4) is 5.75 Å². The second kappa shape index (κ2) is 6.04. The molecule has 0 heterocycles. The molecule has 14 heavy (non-hydrogen) atoms. The summed E-state index contributed by atoms with van der Waals surface area (Å²) < 4.78 is 6.19. The second-order valence-electron chi connectivity index (χ2n) is 3.07. The van der Waals surface area contributed by atoms with Crippen molar-refractivity contribution in [2.45, 2.75) is 13.3 Å². The Balaban J connectivity index is 2.57. The monoisotopic (exact) mass is 257 g/mol. The Kier molecular flexibility index (Phi) is 4.98. The molecule has 0 saturated carbocycles. The number of halogens is 1. The standard InChI is InChI=1S/C11H16BrNO/c1-3-13-7-6-9-4-5-11(14-2)10(12)8-9/h4-5,8,13H,3,6-7H2,1-2H3. The molecule has 1 N–H and O–H groups in total. The maximum Gasteiger partial charge on any atom is 0.133 e. The molecule has 2 nitrogen and oxygen atoms in total. The van der Waals surface area contributed by atoms with Gasteiger partial charge < -0.3 is 10.1 Å². The number of methoxy groups -OCH3 is 1. The third kappa shape index (κ3) is 3.31. The van der Waals surface area contributed by atoms with Crippen LogP contribution in [0.1, 0.15) is 12.5 Å². The lowest BCUT2D eigenvalue weighted by Gasteiger charge is -2.06. The fourth-order valence-electron chi connectivity index (χ4n) is 1.27. The zero-order valence-electron chi connectivity index (χ0n) is 8.64. The van der Waals surface area contributed by atoms with Gasteiger partial charge in [0.1, 0.15) is 5.75 Å². The van der Waals surface area contributed by atoms with Gasteiger partial charge in [0.25, 0.3) is 0 Å². The van der Waals surface area contributed by atoms with Crippen LogP contribution in [0.3, 0.4) is 0 Å². The molecule has 0 aliphatic carbocycles. The van der Waals surface area contributed by atoms with E-state index in [9.17, 15) is 0 Å². The second-order valence-corrected chi connectivity index (χ2v) is 3.93. The van der Waals surface area contributed by atoms with E-state index in [0.29, 0.717) is 0 Å². The number of likely N-dealkylation sites (N-methyl/N-ethyl adjacent to an activating group) is 1. The number of nitrogens with one attached hydrogen (secondary N) is 1. The first kappa shape index (κ1) is 11.5. The van der Waals surface area contributed by atoms with Crippen molar-refractivity contribution < 1.29 is 4.74 Å². The van der Waals surface area contributed by atoms with Gasteiger partial charge in [0, 0.05) is 0 Å². The van der Waals surface area contributed by atoms with Crippen molar-refractivity contribution in [1.29, 1.82) is 0 Å². The number of hydrogen-bond acceptors (Lipinski definition) is 2. The van der Waals surface area contributed by atoms with Crippen molar-refractivity contribution in [3.05, 3.63) is 28.2 Å². The van der Waals surface area contributed by atoms with Crippen LogP contribution in [0.5, 0.6) is 5.75 Å². The van der Waals surface area contributed by atoms with E-state index in [0.717, 1.165) is 29.7 Å². The van der Waals surface area contributed by atoms with Crippen molar-refractivity contribution in [1.82, 2.24) is 5.32 Å². The zero-order chi connectivity index (χ0) is 10.4. The highest BCUT2D eigenvalue weighted by molar-refractivity contribution is 9.10. The summed E-state index contributed by atoms with van der Waals surface area (Å²) in [7, 11) is 1.68. The molecule has 0 aliphatic rings. The summed E-state index contributed by atoms with van der Waals surface area (Å²) in [5.74, 6) is 0.886. The van der Waals surface area contributed by atoms with Gasteiger partial charge >= 0.3 is 0 Å².